The number of anilines is 1. The summed E-state index contributed by atoms with van der Waals surface area (Å²) in [4.78, 5) is 56.3. The molecular weight excluding hydrogens is 508 g/mol. The number of piperidine rings is 1. The normalized spacial score (nSPS) is 27.4. The Balaban J connectivity index is 1.42. The zero-order chi connectivity index (χ0) is 28.0. The Bertz CT molecular complexity index is 1360. The minimum atomic E-state index is -0.581. The maximum Gasteiger partial charge on any atom is 0.245 e. The highest BCUT2D eigenvalue weighted by Crippen LogP contribution is 2.59. The molecular formula is C30H40N6O4. The summed E-state index contributed by atoms with van der Waals surface area (Å²) in [5.74, 6) is -0.444. The van der Waals surface area contributed by atoms with Crippen molar-refractivity contribution in [3.8, 4) is 0 Å². The maximum absolute atomic E-state index is 14.0. The average Bonchev–Trinajstić information content (AvgIpc) is 3.31. The van der Waals surface area contributed by atoms with Gasteiger partial charge in [-0.2, -0.15) is 5.10 Å². The van der Waals surface area contributed by atoms with Crippen molar-refractivity contribution in [2.75, 3.05) is 31.6 Å². The molecule has 2 saturated heterocycles. The van der Waals surface area contributed by atoms with Gasteiger partial charge in [-0.3, -0.25) is 23.9 Å². The standard InChI is InChI=1S/C30H40N6O4/c1-19(37)27-22-14-21(34-11-7-8-12-34)13-20-9-5-3-4-6-10-25(38)32-18-30-15-23(29(40)31-2)36(24(30)16-30)26(39)17-35(33-27)28(20)22/h13-14,23-24H,3-12,15-18H2,1-2H3,(H,31,40)(H,32,38)/t23-,24+,30-/m0/s1. The highest BCUT2D eigenvalue weighted by atomic mass is 16.2. The number of carbonyl (C=O) groups is 4. The fraction of sp³-hybridized carbons (Fsp3) is 0.633. The SMILES string of the molecule is CNC(=O)[C@@H]1C[C@]23CNC(=O)CCCCCCc4cc(N5CCCC5)cc5c(C(C)=O)nn(c45)CC(=O)N1[C@@H]2C3. The second kappa shape index (κ2) is 10.5. The molecule has 0 radical (unpaired) electrons. The minimum Gasteiger partial charge on any atom is -0.372 e. The van der Waals surface area contributed by atoms with Crippen LogP contribution in [0.25, 0.3) is 10.9 Å². The van der Waals surface area contributed by atoms with Crippen LogP contribution in [0.15, 0.2) is 12.1 Å². The number of ketones is 1. The van der Waals surface area contributed by atoms with Crippen LogP contribution in [0.4, 0.5) is 5.69 Å². The quantitative estimate of drug-likeness (QED) is 0.570. The Labute approximate surface area is 234 Å². The monoisotopic (exact) mass is 548 g/mol. The molecule has 2 N–H and O–H groups in total. The van der Waals surface area contributed by atoms with Crippen LogP contribution in [0.1, 0.15) is 80.8 Å². The van der Waals surface area contributed by atoms with Crippen LogP contribution >= 0.6 is 0 Å². The number of benzene rings is 1. The van der Waals surface area contributed by atoms with Gasteiger partial charge in [-0.15, -0.1) is 0 Å². The lowest BCUT2D eigenvalue weighted by molar-refractivity contribution is -0.140. The van der Waals surface area contributed by atoms with Crippen molar-refractivity contribution in [1.82, 2.24) is 25.3 Å². The van der Waals surface area contributed by atoms with Gasteiger partial charge >= 0.3 is 0 Å². The summed E-state index contributed by atoms with van der Waals surface area (Å²) in [5, 5.41) is 11.3. The van der Waals surface area contributed by atoms with E-state index in [-0.39, 0.29) is 41.5 Å². The van der Waals surface area contributed by atoms with Crippen molar-refractivity contribution >= 4 is 40.1 Å². The Hall–Kier alpha value is -3.43. The van der Waals surface area contributed by atoms with Crippen LogP contribution in [-0.2, 0) is 27.3 Å². The number of nitrogens with zero attached hydrogens (tertiary/aromatic N) is 4. The van der Waals surface area contributed by atoms with E-state index in [9.17, 15) is 19.2 Å². The lowest BCUT2D eigenvalue weighted by atomic mass is 9.98. The number of rotatable bonds is 3. The van der Waals surface area contributed by atoms with Gasteiger partial charge in [-0.05, 0) is 62.6 Å². The number of hydrogen-bond donors (Lipinski definition) is 2. The molecule has 3 aliphatic heterocycles. The van der Waals surface area contributed by atoms with Gasteiger partial charge in [0.1, 0.15) is 18.3 Å². The highest BCUT2D eigenvalue weighted by molar-refractivity contribution is 6.07. The number of likely N-dealkylation sites (N-methyl/N-ethyl adjacent to an activating group) is 1. The summed E-state index contributed by atoms with van der Waals surface area (Å²) in [7, 11) is 1.59. The third-order valence-corrected chi connectivity index (χ3v) is 9.49. The van der Waals surface area contributed by atoms with Crippen molar-refractivity contribution in [1.29, 1.82) is 0 Å². The molecule has 3 atom stereocenters. The average molecular weight is 549 g/mol. The van der Waals surface area contributed by atoms with E-state index in [0.717, 1.165) is 86.6 Å². The van der Waals surface area contributed by atoms with Gasteiger partial charge in [0.25, 0.3) is 0 Å². The van der Waals surface area contributed by atoms with E-state index in [1.165, 1.54) is 6.92 Å². The number of aryl methyl sites for hydroxylation is 1. The number of hydrogen-bond acceptors (Lipinski definition) is 6. The van der Waals surface area contributed by atoms with Crippen LogP contribution in [-0.4, -0.2) is 77.0 Å². The van der Waals surface area contributed by atoms with Crippen LogP contribution < -0.4 is 15.5 Å². The first-order valence-electron chi connectivity index (χ1n) is 14.9. The number of Topliss-reactive ketones (excluding diaryl/α,β-unsaturated/α-hetero) is 1. The Kier molecular flexibility index (Phi) is 7.04. The predicted octanol–water partition coefficient (Wildman–Crippen LogP) is 2.57. The maximum atomic E-state index is 14.0. The summed E-state index contributed by atoms with van der Waals surface area (Å²) >= 11 is 0. The second-order valence-electron chi connectivity index (χ2n) is 12.2. The molecule has 0 unspecified atom stereocenters. The fourth-order valence-electron chi connectivity index (χ4n) is 7.27. The Morgan fingerprint density at radius 3 is 2.50 bits per heavy atom. The summed E-state index contributed by atoms with van der Waals surface area (Å²) in [6, 6.07) is 3.62. The number of amides is 3. The molecule has 214 valence electrons. The molecule has 3 amide bonds. The minimum absolute atomic E-state index is 0.0354. The van der Waals surface area contributed by atoms with Gasteiger partial charge in [0.05, 0.1) is 5.52 Å². The van der Waals surface area contributed by atoms with E-state index < -0.39 is 6.04 Å². The number of aromatic nitrogens is 2. The topological polar surface area (TPSA) is 117 Å². The number of carbonyl (C=O) groups excluding carboxylic acids is 4. The molecule has 1 aromatic carbocycles. The third-order valence-electron chi connectivity index (χ3n) is 9.49. The van der Waals surface area contributed by atoms with Crippen LogP contribution in [0.3, 0.4) is 0 Å². The van der Waals surface area contributed by atoms with Crippen molar-refractivity contribution < 1.29 is 19.2 Å². The molecule has 3 fully saturated rings. The zero-order valence-electron chi connectivity index (χ0n) is 23.6. The molecule has 2 bridgehead atoms. The summed E-state index contributed by atoms with van der Waals surface area (Å²) in [6.45, 7) is 3.97. The summed E-state index contributed by atoms with van der Waals surface area (Å²) in [6.07, 6.45) is 8.67. The van der Waals surface area contributed by atoms with Gasteiger partial charge in [-0.1, -0.05) is 12.8 Å². The molecule has 1 aliphatic carbocycles. The Morgan fingerprint density at radius 2 is 1.77 bits per heavy atom. The summed E-state index contributed by atoms with van der Waals surface area (Å²) < 4.78 is 1.71. The van der Waals surface area contributed by atoms with Crippen molar-refractivity contribution in [2.45, 2.75) is 89.8 Å². The zero-order valence-corrected chi connectivity index (χ0v) is 23.6. The predicted molar refractivity (Wildman–Crippen MR) is 151 cm³/mol. The lowest BCUT2D eigenvalue weighted by Crippen LogP contribution is -2.48. The molecule has 6 rings (SSSR count). The number of nitrogens with one attached hydrogen (secondary N) is 2. The van der Waals surface area contributed by atoms with E-state index in [2.05, 4.69) is 27.7 Å². The van der Waals surface area contributed by atoms with E-state index in [1.54, 1.807) is 16.6 Å². The Morgan fingerprint density at radius 1 is 1.02 bits per heavy atom. The molecule has 2 aromatic rings. The molecule has 1 saturated carbocycles. The van der Waals surface area contributed by atoms with Crippen LogP contribution in [0, 0.1) is 5.41 Å². The fourth-order valence-corrected chi connectivity index (χ4v) is 7.27. The van der Waals surface area contributed by atoms with Crippen molar-refractivity contribution in [2.24, 2.45) is 5.41 Å². The molecule has 0 spiro atoms. The van der Waals surface area contributed by atoms with Crippen LogP contribution in [0.2, 0.25) is 0 Å². The van der Waals surface area contributed by atoms with E-state index in [0.29, 0.717) is 25.1 Å². The van der Waals surface area contributed by atoms with E-state index in [4.69, 9.17) is 5.10 Å². The van der Waals surface area contributed by atoms with Crippen LogP contribution in [0.5, 0.6) is 0 Å². The molecule has 40 heavy (non-hydrogen) atoms. The first kappa shape index (κ1) is 26.8. The van der Waals surface area contributed by atoms with Gasteiger partial charge in [0.2, 0.25) is 17.7 Å². The molecule has 4 aliphatic rings. The third kappa shape index (κ3) is 4.75. The van der Waals surface area contributed by atoms with E-state index in [1.807, 2.05) is 0 Å². The van der Waals surface area contributed by atoms with Gasteiger partial charge < -0.3 is 20.4 Å². The first-order chi connectivity index (χ1) is 19.3. The van der Waals surface area contributed by atoms with Crippen molar-refractivity contribution in [3.05, 3.63) is 23.4 Å². The highest BCUT2D eigenvalue weighted by Gasteiger charge is 2.67. The van der Waals surface area contributed by atoms with Gasteiger partial charge in [-0.25, -0.2) is 0 Å². The molecule has 10 heteroatoms. The molecule has 4 heterocycles. The molecule has 1 aromatic heterocycles. The second-order valence-corrected chi connectivity index (χ2v) is 12.2. The lowest BCUT2D eigenvalue weighted by Gasteiger charge is -2.26. The van der Waals surface area contributed by atoms with Gasteiger partial charge in [0.15, 0.2) is 5.78 Å². The van der Waals surface area contributed by atoms with E-state index >= 15 is 0 Å². The smallest absolute Gasteiger partial charge is 0.245 e. The van der Waals surface area contributed by atoms with Gasteiger partial charge in [0, 0.05) is 62.6 Å². The summed E-state index contributed by atoms with van der Waals surface area (Å²) in [5.41, 5.74) is 3.19. The largest absolute Gasteiger partial charge is 0.372 e. The first-order valence-corrected chi connectivity index (χ1v) is 14.9. The molecule has 10 nitrogen and oxygen atoms in total. The van der Waals surface area contributed by atoms with Crippen molar-refractivity contribution in [3.63, 3.8) is 0 Å².